The minimum atomic E-state index is -2.95. The van der Waals surface area contributed by atoms with Crippen LogP contribution in [-0.4, -0.2) is 34.0 Å². The number of nitrogens with two attached hydrogens (primary N) is 1. The van der Waals surface area contributed by atoms with Crippen LogP contribution in [0.5, 0.6) is 0 Å². The van der Waals surface area contributed by atoms with E-state index in [-0.39, 0.29) is 5.25 Å². The molecular formula is C12H16N4O2S. The van der Waals surface area contributed by atoms with Crippen molar-refractivity contribution in [3.8, 4) is 0 Å². The van der Waals surface area contributed by atoms with E-state index in [1.54, 1.807) is 10.7 Å². The number of hydrogen-bond donors (Lipinski definition) is 1. The monoisotopic (exact) mass is 280 g/mol. The quantitative estimate of drug-likeness (QED) is 0.873. The summed E-state index contributed by atoms with van der Waals surface area (Å²) < 4.78 is 25.3. The molecule has 1 aliphatic heterocycles. The molecule has 0 saturated carbocycles. The molecule has 0 radical (unpaired) electrons. The SMILES string of the molecule is NCc1cccn2nc(CC3CCCS3(=O)=O)nc12. The summed E-state index contributed by atoms with van der Waals surface area (Å²) in [5, 5.41) is 4.01. The Balaban J connectivity index is 1.94. The Morgan fingerprint density at radius 3 is 3.00 bits per heavy atom. The van der Waals surface area contributed by atoms with Crippen LogP contribution in [0.3, 0.4) is 0 Å². The molecule has 2 aromatic heterocycles. The van der Waals surface area contributed by atoms with E-state index in [4.69, 9.17) is 5.73 Å². The second kappa shape index (κ2) is 4.57. The van der Waals surface area contributed by atoms with Gasteiger partial charge in [-0.2, -0.15) is 5.10 Å². The Kier molecular flexibility index (Phi) is 3.02. The maximum atomic E-state index is 11.8. The van der Waals surface area contributed by atoms with E-state index in [1.807, 2.05) is 12.1 Å². The Hall–Kier alpha value is -1.47. The van der Waals surface area contributed by atoms with Gasteiger partial charge >= 0.3 is 0 Å². The summed E-state index contributed by atoms with van der Waals surface area (Å²) in [6, 6.07) is 3.76. The lowest BCUT2D eigenvalue weighted by molar-refractivity contribution is 0.586. The number of aromatic nitrogens is 3. The maximum absolute atomic E-state index is 11.8. The van der Waals surface area contributed by atoms with Crippen LogP contribution in [0, 0.1) is 0 Å². The zero-order chi connectivity index (χ0) is 13.5. The molecular weight excluding hydrogens is 264 g/mol. The smallest absolute Gasteiger partial charge is 0.160 e. The van der Waals surface area contributed by atoms with Gasteiger partial charge in [-0.15, -0.1) is 0 Å². The lowest BCUT2D eigenvalue weighted by atomic mass is 10.2. The molecule has 1 fully saturated rings. The van der Waals surface area contributed by atoms with Gasteiger partial charge in [0, 0.05) is 24.7 Å². The molecule has 2 aromatic rings. The summed E-state index contributed by atoms with van der Waals surface area (Å²) in [5.74, 6) is 0.871. The van der Waals surface area contributed by atoms with Crippen molar-refractivity contribution in [3.05, 3.63) is 29.7 Å². The fourth-order valence-corrected chi connectivity index (χ4v) is 4.37. The van der Waals surface area contributed by atoms with Crippen LogP contribution in [0.1, 0.15) is 24.2 Å². The van der Waals surface area contributed by atoms with Gasteiger partial charge < -0.3 is 5.73 Å². The van der Waals surface area contributed by atoms with Crippen LogP contribution in [0.4, 0.5) is 0 Å². The minimum Gasteiger partial charge on any atom is -0.326 e. The predicted molar refractivity (Wildman–Crippen MR) is 71.4 cm³/mol. The molecule has 19 heavy (non-hydrogen) atoms. The van der Waals surface area contributed by atoms with Crippen molar-refractivity contribution in [2.24, 2.45) is 5.73 Å². The first-order valence-electron chi connectivity index (χ1n) is 6.35. The Bertz CT molecular complexity index is 708. The van der Waals surface area contributed by atoms with Gasteiger partial charge in [-0.3, -0.25) is 0 Å². The number of hydrogen-bond acceptors (Lipinski definition) is 5. The van der Waals surface area contributed by atoms with Crippen LogP contribution in [0.2, 0.25) is 0 Å². The molecule has 6 nitrogen and oxygen atoms in total. The van der Waals surface area contributed by atoms with Crippen LogP contribution in [0.25, 0.3) is 5.65 Å². The lowest BCUT2D eigenvalue weighted by Crippen LogP contribution is -2.19. The molecule has 1 unspecified atom stereocenters. The summed E-state index contributed by atoms with van der Waals surface area (Å²) in [4.78, 5) is 4.42. The number of nitrogens with zero attached hydrogens (tertiary/aromatic N) is 3. The second-order valence-electron chi connectivity index (χ2n) is 4.87. The van der Waals surface area contributed by atoms with Gasteiger partial charge in [-0.25, -0.2) is 17.9 Å². The van der Waals surface area contributed by atoms with Crippen LogP contribution < -0.4 is 5.73 Å². The highest BCUT2D eigenvalue weighted by Gasteiger charge is 2.32. The van der Waals surface area contributed by atoms with Crippen LogP contribution in [0.15, 0.2) is 18.3 Å². The van der Waals surface area contributed by atoms with E-state index >= 15 is 0 Å². The van der Waals surface area contributed by atoms with Crippen LogP contribution >= 0.6 is 0 Å². The summed E-state index contributed by atoms with van der Waals surface area (Å²) in [6.45, 7) is 0.393. The molecule has 2 N–H and O–H groups in total. The molecule has 3 heterocycles. The van der Waals surface area contributed by atoms with Crippen molar-refractivity contribution in [2.45, 2.75) is 31.1 Å². The topological polar surface area (TPSA) is 90.4 Å². The summed E-state index contributed by atoms with van der Waals surface area (Å²) in [5.41, 5.74) is 7.29. The number of sulfone groups is 1. The molecule has 1 aliphatic rings. The molecule has 0 spiro atoms. The highest BCUT2D eigenvalue weighted by Crippen LogP contribution is 2.23. The average Bonchev–Trinajstić information content (AvgIpc) is 2.92. The zero-order valence-electron chi connectivity index (χ0n) is 10.5. The van der Waals surface area contributed by atoms with Gasteiger partial charge in [0.15, 0.2) is 21.3 Å². The third kappa shape index (κ3) is 2.23. The fourth-order valence-electron chi connectivity index (χ4n) is 2.54. The highest BCUT2D eigenvalue weighted by atomic mass is 32.2. The third-order valence-electron chi connectivity index (χ3n) is 3.58. The van der Waals surface area contributed by atoms with Crippen molar-refractivity contribution in [2.75, 3.05) is 5.75 Å². The van der Waals surface area contributed by atoms with E-state index in [1.165, 1.54) is 0 Å². The lowest BCUT2D eigenvalue weighted by Gasteiger charge is -2.04. The molecule has 0 bridgehead atoms. The summed E-state index contributed by atoms with van der Waals surface area (Å²) >= 11 is 0. The number of pyridine rings is 1. The van der Waals surface area contributed by atoms with Gasteiger partial charge in [0.25, 0.3) is 0 Å². The molecule has 0 aliphatic carbocycles. The van der Waals surface area contributed by atoms with Gasteiger partial charge in [-0.05, 0) is 18.9 Å². The summed E-state index contributed by atoms with van der Waals surface area (Å²) in [6.07, 6.45) is 3.65. The summed E-state index contributed by atoms with van der Waals surface area (Å²) in [7, 11) is -2.95. The largest absolute Gasteiger partial charge is 0.326 e. The molecule has 7 heteroatoms. The van der Waals surface area contributed by atoms with Gasteiger partial charge in [0.2, 0.25) is 0 Å². The van der Waals surface area contributed by atoms with E-state index < -0.39 is 9.84 Å². The average molecular weight is 280 g/mol. The van der Waals surface area contributed by atoms with Crippen molar-refractivity contribution < 1.29 is 8.42 Å². The molecule has 102 valence electrons. The van der Waals surface area contributed by atoms with E-state index in [9.17, 15) is 8.42 Å². The number of rotatable bonds is 3. The van der Waals surface area contributed by atoms with Crippen molar-refractivity contribution in [1.82, 2.24) is 14.6 Å². The van der Waals surface area contributed by atoms with E-state index in [0.29, 0.717) is 31.0 Å². The molecule has 1 atom stereocenters. The Morgan fingerprint density at radius 2 is 2.32 bits per heavy atom. The van der Waals surface area contributed by atoms with Crippen molar-refractivity contribution in [3.63, 3.8) is 0 Å². The van der Waals surface area contributed by atoms with Crippen molar-refractivity contribution >= 4 is 15.5 Å². The standard InChI is InChI=1S/C12H16N4O2S/c13-8-9-3-1-5-16-12(9)14-11(15-16)7-10-4-2-6-19(10,17)18/h1,3,5,10H,2,4,6-8,13H2. The Labute approximate surface area is 111 Å². The zero-order valence-corrected chi connectivity index (χ0v) is 11.3. The molecule has 0 amide bonds. The fraction of sp³-hybridized carbons (Fsp3) is 0.500. The van der Waals surface area contributed by atoms with Gasteiger partial charge in [-0.1, -0.05) is 6.07 Å². The second-order valence-corrected chi connectivity index (χ2v) is 7.27. The third-order valence-corrected chi connectivity index (χ3v) is 5.86. The van der Waals surface area contributed by atoms with Gasteiger partial charge in [0.05, 0.1) is 11.0 Å². The number of fused-ring (bicyclic) bond motifs is 1. The van der Waals surface area contributed by atoms with E-state index in [2.05, 4.69) is 10.1 Å². The Morgan fingerprint density at radius 1 is 1.47 bits per heavy atom. The van der Waals surface area contributed by atoms with Crippen LogP contribution in [-0.2, 0) is 22.8 Å². The normalized spacial score (nSPS) is 22.1. The molecule has 3 rings (SSSR count). The highest BCUT2D eigenvalue weighted by molar-refractivity contribution is 7.92. The molecule has 1 saturated heterocycles. The maximum Gasteiger partial charge on any atom is 0.160 e. The molecule has 0 aromatic carbocycles. The first-order chi connectivity index (χ1) is 9.10. The van der Waals surface area contributed by atoms with Gasteiger partial charge in [0.1, 0.15) is 0 Å². The first-order valence-corrected chi connectivity index (χ1v) is 8.06. The van der Waals surface area contributed by atoms with Crippen molar-refractivity contribution in [1.29, 1.82) is 0 Å². The van der Waals surface area contributed by atoms with E-state index in [0.717, 1.165) is 17.6 Å². The first kappa shape index (κ1) is 12.6. The predicted octanol–water partition coefficient (Wildman–Crippen LogP) is 0.308. The minimum absolute atomic E-state index is 0.291.